The number of hydrogen-bond donors (Lipinski definition) is 1. The number of carbonyl (C=O) groups excluding carboxylic acids is 1. The first kappa shape index (κ1) is 22.5. The summed E-state index contributed by atoms with van der Waals surface area (Å²) in [6, 6.07) is 4.00. The Balaban J connectivity index is 1.54. The van der Waals surface area contributed by atoms with E-state index in [1.165, 1.54) is 0 Å². The monoisotopic (exact) mass is 451 g/mol. The van der Waals surface area contributed by atoms with E-state index in [0.717, 1.165) is 43.5 Å². The first-order valence-corrected chi connectivity index (χ1v) is 12.4. The number of methoxy groups -OCH3 is 1. The molecule has 4 bridgehead atoms. The van der Waals surface area contributed by atoms with Crippen molar-refractivity contribution in [2.45, 2.75) is 69.2 Å². The quantitative estimate of drug-likeness (QED) is 0.701. The van der Waals surface area contributed by atoms with E-state index in [4.69, 9.17) is 23.9 Å². The van der Waals surface area contributed by atoms with Gasteiger partial charge in [0.25, 0.3) is 0 Å². The van der Waals surface area contributed by atoms with E-state index in [-0.39, 0.29) is 43.5 Å². The van der Waals surface area contributed by atoms with Crippen molar-refractivity contribution in [3.8, 4) is 11.6 Å². The minimum atomic E-state index is -0.315. The second kappa shape index (κ2) is 10.3. The number of nitrogens with one attached hydrogen (secondary N) is 1. The molecule has 5 rings (SSSR count). The number of pyridine rings is 1. The molecule has 0 radical (unpaired) electrons. The van der Waals surface area contributed by atoms with Crippen LogP contribution in [-0.4, -0.2) is 73.4 Å². The lowest BCUT2D eigenvalue weighted by atomic mass is 9.85. The Labute approximate surface area is 188 Å². The number of hydrogen-bond acceptors (Lipinski definition) is 8. The van der Waals surface area contributed by atoms with E-state index < -0.39 is 0 Å². The van der Waals surface area contributed by atoms with Gasteiger partial charge in [-0.1, -0.05) is 11.9 Å². The van der Waals surface area contributed by atoms with Gasteiger partial charge in [-0.25, -0.2) is 9.78 Å². The molecule has 1 aliphatic carbocycles. The maximum Gasteiger partial charge on any atom is 0.410 e. The van der Waals surface area contributed by atoms with Crippen LogP contribution in [-0.2, 0) is 9.47 Å². The first-order valence-electron chi connectivity index (χ1n) is 11.1. The molecule has 2 fully saturated rings. The van der Waals surface area contributed by atoms with Gasteiger partial charge in [-0.05, 0) is 45.3 Å². The minimum Gasteiger partial charge on any atom is -0.496 e. The van der Waals surface area contributed by atoms with Crippen molar-refractivity contribution in [2.24, 2.45) is 0 Å². The zero-order valence-corrected chi connectivity index (χ0v) is 19.4. The predicted octanol–water partition coefficient (Wildman–Crippen LogP) is 3.36. The molecule has 1 amide bonds. The van der Waals surface area contributed by atoms with Crippen molar-refractivity contribution in [1.29, 1.82) is 0 Å². The van der Waals surface area contributed by atoms with Crippen LogP contribution in [0.25, 0.3) is 0 Å². The Kier molecular flexibility index (Phi) is 7.45. The maximum atomic E-state index is 12.9. The lowest BCUT2D eigenvalue weighted by molar-refractivity contribution is -0.0117. The molecule has 1 N–H and O–H groups in total. The zero-order valence-electron chi connectivity index (χ0n) is 18.5. The normalized spacial score (nSPS) is 31.6. The molecular formula is C22H33N3O5S. The fourth-order valence-corrected chi connectivity index (χ4v) is 5.52. The van der Waals surface area contributed by atoms with Crippen LogP contribution in [0.4, 0.5) is 4.79 Å². The Hall–Kier alpha value is -1.71. The molecule has 3 aliphatic heterocycles. The molecule has 4 heterocycles. The molecule has 1 saturated carbocycles. The fraction of sp³-hybridized carbons (Fsp3) is 0.727. The van der Waals surface area contributed by atoms with E-state index in [1.54, 1.807) is 25.1 Å². The molecule has 1 aromatic rings. The largest absolute Gasteiger partial charge is 0.496 e. The highest BCUT2D eigenvalue weighted by molar-refractivity contribution is 7.96. The van der Waals surface area contributed by atoms with Gasteiger partial charge in [0.2, 0.25) is 5.88 Å². The van der Waals surface area contributed by atoms with Crippen molar-refractivity contribution in [2.75, 3.05) is 33.2 Å². The third kappa shape index (κ3) is 5.21. The van der Waals surface area contributed by atoms with Crippen LogP contribution in [0.1, 0.15) is 50.6 Å². The van der Waals surface area contributed by atoms with Crippen LogP contribution in [0.15, 0.2) is 12.1 Å². The van der Waals surface area contributed by atoms with Gasteiger partial charge in [-0.3, -0.25) is 9.62 Å². The van der Waals surface area contributed by atoms with Crippen LogP contribution >= 0.6 is 11.9 Å². The summed E-state index contributed by atoms with van der Waals surface area (Å²) >= 11 is 1.58. The molecule has 3 unspecified atom stereocenters. The van der Waals surface area contributed by atoms with Gasteiger partial charge in [0.05, 0.1) is 31.6 Å². The molecule has 31 heavy (non-hydrogen) atoms. The van der Waals surface area contributed by atoms with Crippen LogP contribution in [0.5, 0.6) is 11.6 Å². The number of nitrogens with zero attached hydrogens (tertiary/aromatic N) is 2. The summed E-state index contributed by atoms with van der Waals surface area (Å²) in [4.78, 5) is 19.4. The average molecular weight is 452 g/mol. The first-order chi connectivity index (χ1) is 15.1. The van der Waals surface area contributed by atoms with Crippen LogP contribution in [0, 0.1) is 0 Å². The second-order valence-electron chi connectivity index (χ2n) is 8.53. The van der Waals surface area contributed by atoms with Gasteiger partial charge < -0.3 is 18.9 Å². The van der Waals surface area contributed by atoms with Crippen LogP contribution in [0.2, 0.25) is 0 Å². The van der Waals surface area contributed by atoms with Crippen molar-refractivity contribution in [3.63, 3.8) is 0 Å². The van der Waals surface area contributed by atoms with Crippen molar-refractivity contribution in [3.05, 3.63) is 17.8 Å². The highest BCUT2D eigenvalue weighted by Crippen LogP contribution is 2.36. The highest BCUT2D eigenvalue weighted by atomic mass is 32.2. The number of aromatic nitrogens is 1. The second-order valence-corrected chi connectivity index (χ2v) is 9.17. The molecule has 172 valence electrons. The Morgan fingerprint density at radius 3 is 2.71 bits per heavy atom. The number of ether oxygens (including phenoxy) is 4. The highest BCUT2D eigenvalue weighted by Gasteiger charge is 2.43. The smallest absolute Gasteiger partial charge is 0.410 e. The maximum absolute atomic E-state index is 12.9. The van der Waals surface area contributed by atoms with Gasteiger partial charge in [0.1, 0.15) is 19.0 Å². The van der Waals surface area contributed by atoms with E-state index in [0.29, 0.717) is 18.4 Å². The summed E-state index contributed by atoms with van der Waals surface area (Å²) in [6.45, 7) is 2.99. The summed E-state index contributed by atoms with van der Waals surface area (Å²) < 4.78 is 26.6. The van der Waals surface area contributed by atoms with E-state index >= 15 is 0 Å². The minimum absolute atomic E-state index is 0.0415. The van der Waals surface area contributed by atoms with Crippen molar-refractivity contribution < 1.29 is 23.7 Å². The fourth-order valence-electron chi connectivity index (χ4n) is 4.96. The molecule has 1 saturated heterocycles. The standard InChI is InChI=1S/C22H33N3O5S/c1-14-10-19(24-31-3)20-13-30-16-6-4-15(5-7-16)18-11-17(27-2)12-21(23-18)28-8-9-29-22(26)25(14)20/h11-12,14-16,19-20,24H,4-10,13H2,1-3H3. The molecular weight excluding hydrogens is 418 g/mol. The van der Waals surface area contributed by atoms with E-state index in [2.05, 4.69) is 11.6 Å². The molecule has 0 spiro atoms. The molecule has 4 aliphatic rings. The molecule has 1 aromatic heterocycles. The lowest BCUT2D eigenvalue weighted by Crippen LogP contribution is -2.48. The summed E-state index contributed by atoms with van der Waals surface area (Å²) in [5, 5.41) is 0. The van der Waals surface area contributed by atoms with Gasteiger partial charge in [0, 0.05) is 30.1 Å². The Morgan fingerprint density at radius 2 is 1.97 bits per heavy atom. The zero-order chi connectivity index (χ0) is 21.8. The van der Waals surface area contributed by atoms with E-state index in [9.17, 15) is 4.79 Å². The number of amides is 1. The summed E-state index contributed by atoms with van der Waals surface area (Å²) in [6.07, 6.45) is 6.77. The summed E-state index contributed by atoms with van der Waals surface area (Å²) in [5.74, 6) is 1.61. The van der Waals surface area contributed by atoms with Crippen LogP contribution < -0.4 is 14.2 Å². The molecule has 8 nitrogen and oxygen atoms in total. The number of rotatable bonds is 3. The number of carbonyl (C=O) groups is 1. The topological polar surface area (TPSA) is 82.2 Å². The lowest BCUT2D eigenvalue weighted by Gasteiger charge is -2.33. The Bertz CT molecular complexity index is 759. The van der Waals surface area contributed by atoms with Gasteiger partial charge >= 0.3 is 6.09 Å². The molecule has 3 atom stereocenters. The van der Waals surface area contributed by atoms with Gasteiger partial charge in [0.15, 0.2) is 0 Å². The predicted molar refractivity (Wildman–Crippen MR) is 119 cm³/mol. The van der Waals surface area contributed by atoms with Gasteiger partial charge in [-0.2, -0.15) is 0 Å². The summed E-state index contributed by atoms with van der Waals surface area (Å²) in [7, 11) is 1.65. The van der Waals surface area contributed by atoms with Crippen molar-refractivity contribution in [1.82, 2.24) is 14.6 Å². The molecule has 0 aromatic carbocycles. The Morgan fingerprint density at radius 1 is 1.19 bits per heavy atom. The third-order valence-electron chi connectivity index (χ3n) is 6.56. The SMILES string of the molecule is COc1cc2nc(c1)C1CCC(CC1)OCC1C(NSC)CC(C)N1C(=O)OCCO2. The van der Waals surface area contributed by atoms with Gasteiger partial charge in [-0.15, -0.1) is 0 Å². The summed E-state index contributed by atoms with van der Waals surface area (Å²) in [5.41, 5.74) is 0.997. The van der Waals surface area contributed by atoms with E-state index in [1.807, 2.05) is 17.2 Å². The van der Waals surface area contributed by atoms with Crippen molar-refractivity contribution >= 4 is 18.0 Å². The average Bonchev–Trinajstić information content (AvgIpc) is 3.09. The van der Waals surface area contributed by atoms with Crippen LogP contribution in [0.3, 0.4) is 0 Å². The third-order valence-corrected chi connectivity index (χ3v) is 7.10. The molecule has 9 heteroatoms. The number of fused-ring (bicyclic) bond motifs is 7.